The van der Waals surface area contributed by atoms with E-state index in [-0.39, 0.29) is 0 Å². The minimum absolute atomic E-state index is 0.596. The van der Waals surface area contributed by atoms with Gasteiger partial charge in [-0.25, -0.2) is 0 Å². The second kappa shape index (κ2) is 14.8. The average molecular weight is 597 g/mol. The molecule has 0 heterocycles. The van der Waals surface area contributed by atoms with Gasteiger partial charge in [0, 0.05) is 6.42 Å². The van der Waals surface area contributed by atoms with Gasteiger partial charge in [-0.1, -0.05) is 146 Å². The van der Waals surface area contributed by atoms with E-state index < -0.39 is 15.8 Å². The van der Waals surface area contributed by atoms with Crippen LogP contribution < -0.4 is 41.3 Å². The van der Waals surface area contributed by atoms with Gasteiger partial charge in [-0.3, -0.25) is 0 Å². The molecular weight excluding hydrogens is 562 g/mol. The van der Waals surface area contributed by atoms with E-state index in [9.17, 15) is 0 Å². The van der Waals surface area contributed by atoms with Gasteiger partial charge in [0.15, 0.2) is 0 Å². The van der Waals surface area contributed by atoms with E-state index in [1.54, 1.807) is 0 Å². The molecule has 0 aliphatic heterocycles. The van der Waals surface area contributed by atoms with Crippen molar-refractivity contribution in [3.63, 3.8) is 0 Å². The molecule has 0 unspecified atom stereocenters. The van der Waals surface area contributed by atoms with Crippen molar-refractivity contribution in [2.45, 2.75) is 6.42 Å². The van der Waals surface area contributed by atoms with Gasteiger partial charge in [0.1, 0.15) is 11.5 Å². The van der Waals surface area contributed by atoms with Crippen LogP contribution in [0, 0.1) is 0 Å². The highest BCUT2D eigenvalue weighted by Gasteiger charge is 2.18. The third kappa shape index (κ3) is 7.60. The fourth-order valence-electron chi connectivity index (χ4n) is 5.07. The molecule has 0 N–H and O–H groups in total. The van der Waals surface area contributed by atoms with Crippen LogP contribution in [0.25, 0.3) is 0 Å². The van der Waals surface area contributed by atoms with E-state index in [2.05, 4.69) is 158 Å². The van der Waals surface area contributed by atoms with Gasteiger partial charge in [-0.15, -0.1) is 0 Å². The SMILES string of the molecule is c1ccc(P(c2ccccc2)c2cccc(OCCCOc3cccc(P(c4ccccc4)c4ccccc4)c3)c2)cc1. The molecular formula is C39H34O2P2. The van der Waals surface area contributed by atoms with Crippen LogP contribution in [0.2, 0.25) is 0 Å². The van der Waals surface area contributed by atoms with Crippen LogP contribution in [0.5, 0.6) is 11.5 Å². The zero-order valence-electron chi connectivity index (χ0n) is 24.0. The lowest BCUT2D eigenvalue weighted by molar-refractivity contribution is 0.247. The molecule has 2 nitrogen and oxygen atoms in total. The molecule has 6 aromatic rings. The lowest BCUT2D eigenvalue weighted by Crippen LogP contribution is -2.20. The van der Waals surface area contributed by atoms with E-state index in [4.69, 9.17) is 9.47 Å². The highest BCUT2D eigenvalue weighted by molar-refractivity contribution is 7.80. The number of hydrogen-bond acceptors (Lipinski definition) is 2. The Morgan fingerprint density at radius 1 is 0.326 bits per heavy atom. The molecule has 6 aromatic carbocycles. The Hall–Kier alpha value is -4.22. The van der Waals surface area contributed by atoms with Gasteiger partial charge in [0.25, 0.3) is 0 Å². The Balaban J connectivity index is 1.09. The van der Waals surface area contributed by atoms with Crippen LogP contribution >= 0.6 is 15.8 Å². The second-order valence-electron chi connectivity index (χ2n) is 10.1. The molecule has 0 amide bonds. The van der Waals surface area contributed by atoms with Crippen molar-refractivity contribution in [2.24, 2.45) is 0 Å². The summed E-state index contributed by atoms with van der Waals surface area (Å²) in [5.41, 5.74) is 0. The Morgan fingerprint density at radius 3 is 0.953 bits per heavy atom. The number of benzene rings is 6. The molecule has 0 aliphatic carbocycles. The molecule has 0 radical (unpaired) electrons. The van der Waals surface area contributed by atoms with Crippen LogP contribution in [0.15, 0.2) is 170 Å². The van der Waals surface area contributed by atoms with Crippen molar-refractivity contribution in [2.75, 3.05) is 13.2 Å². The molecule has 0 saturated heterocycles. The standard InChI is InChI=1S/C39H34O2P2/c1-5-18-34(19-6-1)42(35-20-7-2-8-21-35)38-26-13-16-32(30-38)40-28-15-29-41-33-17-14-27-39(31-33)43(36-22-9-3-10-23-36)37-24-11-4-12-25-37/h1-14,16-27,30-31H,15,28-29H2. The lowest BCUT2D eigenvalue weighted by Gasteiger charge is -2.20. The van der Waals surface area contributed by atoms with Crippen LogP contribution in [-0.2, 0) is 0 Å². The van der Waals surface area contributed by atoms with Crippen molar-refractivity contribution < 1.29 is 9.47 Å². The molecule has 212 valence electrons. The summed E-state index contributed by atoms with van der Waals surface area (Å²) in [7, 11) is -1.32. The van der Waals surface area contributed by atoms with Crippen LogP contribution in [0.3, 0.4) is 0 Å². The highest BCUT2D eigenvalue weighted by Crippen LogP contribution is 2.35. The van der Waals surface area contributed by atoms with Crippen LogP contribution in [0.1, 0.15) is 6.42 Å². The van der Waals surface area contributed by atoms with Gasteiger partial charge in [0.2, 0.25) is 0 Å². The maximum atomic E-state index is 6.22. The number of ether oxygens (including phenoxy) is 2. The molecule has 6 rings (SSSR count). The van der Waals surface area contributed by atoms with Gasteiger partial charge < -0.3 is 9.47 Å². The predicted octanol–water partition coefficient (Wildman–Crippen LogP) is 7.05. The summed E-state index contributed by atoms with van der Waals surface area (Å²) in [5, 5.41) is 7.90. The van der Waals surface area contributed by atoms with Crippen molar-refractivity contribution >= 4 is 47.7 Å². The summed E-state index contributed by atoms with van der Waals surface area (Å²) < 4.78 is 12.4. The fourth-order valence-corrected chi connectivity index (χ4v) is 9.72. The van der Waals surface area contributed by atoms with Crippen molar-refractivity contribution in [1.82, 2.24) is 0 Å². The first kappa shape index (κ1) is 28.9. The van der Waals surface area contributed by atoms with E-state index >= 15 is 0 Å². The summed E-state index contributed by atoms with van der Waals surface area (Å²) in [6.07, 6.45) is 0.798. The summed E-state index contributed by atoms with van der Waals surface area (Å²) in [4.78, 5) is 0. The molecule has 0 saturated carbocycles. The maximum absolute atomic E-state index is 6.22. The normalized spacial score (nSPS) is 11.0. The number of hydrogen-bond donors (Lipinski definition) is 0. The maximum Gasteiger partial charge on any atom is 0.119 e. The molecule has 4 heteroatoms. The topological polar surface area (TPSA) is 18.5 Å². The van der Waals surface area contributed by atoms with Crippen molar-refractivity contribution in [1.29, 1.82) is 0 Å². The van der Waals surface area contributed by atoms with Gasteiger partial charge in [-0.2, -0.15) is 0 Å². The van der Waals surface area contributed by atoms with E-state index in [0.717, 1.165) is 17.9 Å². The first-order valence-electron chi connectivity index (χ1n) is 14.6. The third-order valence-corrected chi connectivity index (χ3v) is 11.9. The zero-order chi connectivity index (χ0) is 29.1. The second-order valence-corrected chi connectivity index (χ2v) is 14.5. The first-order valence-corrected chi connectivity index (χ1v) is 17.3. The van der Waals surface area contributed by atoms with Gasteiger partial charge in [0.05, 0.1) is 13.2 Å². The highest BCUT2D eigenvalue weighted by atomic mass is 31.1. The quantitative estimate of drug-likeness (QED) is 0.111. The van der Waals surface area contributed by atoms with Crippen LogP contribution in [0.4, 0.5) is 0 Å². The van der Waals surface area contributed by atoms with Crippen molar-refractivity contribution in [3.05, 3.63) is 170 Å². The molecule has 0 bridgehead atoms. The zero-order valence-corrected chi connectivity index (χ0v) is 25.8. The minimum atomic E-state index is -0.660. The summed E-state index contributed by atoms with van der Waals surface area (Å²) in [6, 6.07) is 60.2. The third-order valence-electron chi connectivity index (χ3n) is 7.04. The summed E-state index contributed by atoms with van der Waals surface area (Å²) in [6.45, 7) is 1.19. The van der Waals surface area contributed by atoms with E-state index in [1.807, 2.05) is 12.1 Å². The van der Waals surface area contributed by atoms with Crippen molar-refractivity contribution in [3.8, 4) is 11.5 Å². The molecule has 43 heavy (non-hydrogen) atoms. The largest absolute Gasteiger partial charge is 0.493 e. The predicted molar refractivity (Wildman–Crippen MR) is 186 cm³/mol. The smallest absolute Gasteiger partial charge is 0.119 e. The fraction of sp³-hybridized carbons (Fsp3) is 0.0769. The lowest BCUT2D eigenvalue weighted by atomic mass is 10.3. The molecule has 0 aromatic heterocycles. The first-order chi connectivity index (χ1) is 21.3. The molecule has 0 atom stereocenters. The minimum Gasteiger partial charge on any atom is -0.493 e. The molecule has 0 aliphatic rings. The Morgan fingerprint density at radius 2 is 0.628 bits per heavy atom. The summed E-state index contributed by atoms with van der Waals surface area (Å²) >= 11 is 0. The van der Waals surface area contributed by atoms with E-state index in [1.165, 1.54) is 31.8 Å². The Kier molecular flexibility index (Phi) is 9.93. The van der Waals surface area contributed by atoms with Gasteiger partial charge in [-0.05, 0) is 71.9 Å². The summed E-state index contributed by atoms with van der Waals surface area (Å²) in [5.74, 6) is 1.80. The molecule has 0 fully saturated rings. The average Bonchev–Trinajstić information content (AvgIpc) is 3.07. The van der Waals surface area contributed by atoms with E-state index in [0.29, 0.717) is 13.2 Å². The number of rotatable bonds is 12. The molecule has 0 spiro atoms. The van der Waals surface area contributed by atoms with Crippen LogP contribution in [-0.4, -0.2) is 13.2 Å². The van der Waals surface area contributed by atoms with Gasteiger partial charge >= 0.3 is 0 Å². The monoisotopic (exact) mass is 596 g/mol. The Labute approximate surface area is 257 Å². The Bertz CT molecular complexity index is 1490.